The average molecular weight is 268 g/mol. The van der Waals surface area contributed by atoms with Gasteiger partial charge in [-0.3, -0.25) is 4.79 Å². The van der Waals surface area contributed by atoms with Crippen LogP contribution in [0.15, 0.2) is 24.3 Å². The second kappa shape index (κ2) is 7.86. The van der Waals surface area contributed by atoms with Crippen molar-refractivity contribution >= 4 is 11.6 Å². The van der Waals surface area contributed by atoms with Gasteiger partial charge >= 0.3 is 0 Å². The zero-order valence-corrected chi connectivity index (χ0v) is 11.4. The van der Waals surface area contributed by atoms with Crippen molar-refractivity contribution in [3.8, 4) is 0 Å². The van der Waals surface area contributed by atoms with Gasteiger partial charge < -0.3 is 15.4 Å². The molecule has 0 aliphatic heterocycles. The van der Waals surface area contributed by atoms with Gasteiger partial charge in [0.25, 0.3) is 0 Å². The molecule has 5 heteroatoms. The molecule has 0 fully saturated rings. The van der Waals surface area contributed by atoms with Crippen molar-refractivity contribution < 1.29 is 13.9 Å². The smallest absolute Gasteiger partial charge is 0.243 e. The van der Waals surface area contributed by atoms with Crippen LogP contribution in [-0.4, -0.2) is 32.2 Å². The Bertz CT molecular complexity index is 412. The molecule has 1 unspecified atom stereocenters. The minimum absolute atomic E-state index is 0.260. The monoisotopic (exact) mass is 268 g/mol. The number of rotatable bonds is 7. The quantitative estimate of drug-likeness (QED) is 0.769. The van der Waals surface area contributed by atoms with E-state index < -0.39 is 11.9 Å². The largest absolute Gasteiger partial charge is 0.385 e. The molecule has 1 amide bonds. The Morgan fingerprint density at radius 2 is 2.16 bits per heavy atom. The van der Waals surface area contributed by atoms with E-state index in [1.54, 1.807) is 32.2 Å². The third-order valence-electron chi connectivity index (χ3n) is 2.91. The third kappa shape index (κ3) is 4.29. The number of benzene rings is 1. The lowest BCUT2D eigenvalue weighted by atomic mass is 10.1. The third-order valence-corrected chi connectivity index (χ3v) is 2.91. The fourth-order valence-corrected chi connectivity index (χ4v) is 1.89. The maximum Gasteiger partial charge on any atom is 0.243 e. The molecule has 0 aromatic heterocycles. The number of carbonyl (C=O) groups is 1. The fraction of sp³-hybridized carbons (Fsp3) is 0.500. The Hall–Kier alpha value is -1.46. The zero-order valence-electron chi connectivity index (χ0n) is 11.4. The van der Waals surface area contributed by atoms with E-state index >= 15 is 0 Å². The molecular formula is C14H21FN2O2. The average Bonchev–Trinajstić information content (AvgIpc) is 2.41. The van der Waals surface area contributed by atoms with E-state index in [1.165, 1.54) is 11.0 Å². The topological polar surface area (TPSA) is 55.6 Å². The van der Waals surface area contributed by atoms with Crippen LogP contribution in [0.2, 0.25) is 0 Å². The van der Waals surface area contributed by atoms with E-state index in [-0.39, 0.29) is 11.6 Å². The van der Waals surface area contributed by atoms with Gasteiger partial charge in [0, 0.05) is 20.3 Å². The van der Waals surface area contributed by atoms with Crippen molar-refractivity contribution in [1.82, 2.24) is 0 Å². The second-order valence-corrected chi connectivity index (χ2v) is 4.28. The number of nitrogens with two attached hydrogens (primary N) is 1. The lowest BCUT2D eigenvalue weighted by Gasteiger charge is -2.24. The number of halogens is 1. The molecule has 0 radical (unpaired) electrons. The van der Waals surface area contributed by atoms with Crippen LogP contribution < -0.4 is 10.6 Å². The van der Waals surface area contributed by atoms with E-state index in [4.69, 9.17) is 10.5 Å². The van der Waals surface area contributed by atoms with E-state index in [1.807, 2.05) is 0 Å². The zero-order chi connectivity index (χ0) is 14.3. The summed E-state index contributed by atoms with van der Waals surface area (Å²) in [5.74, 6) is -0.675. The Morgan fingerprint density at radius 3 is 2.74 bits per heavy atom. The number of nitrogens with zero attached hydrogens (tertiary/aromatic N) is 1. The Kier molecular flexibility index (Phi) is 6.45. The Morgan fingerprint density at radius 1 is 1.47 bits per heavy atom. The lowest BCUT2D eigenvalue weighted by Crippen LogP contribution is -2.44. The summed E-state index contributed by atoms with van der Waals surface area (Å²) in [6.45, 7) is 2.75. The number of para-hydroxylation sites is 1. The molecule has 2 N–H and O–H groups in total. The molecule has 0 bridgehead atoms. The van der Waals surface area contributed by atoms with Crippen LogP contribution in [0, 0.1) is 5.82 Å². The van der Waals surface area contributed by atoms with Crippen LogP contribution in [-0.2, 0) is 9.53 Å². The van der Waals surface area contributed by atoms with Crippen LogP contribution in [0.25, 0.3) is 0 Å². The van der Waals surface area contributed by atoms with Crippen LogP contribution >= 0.6 is 0 Å². The molecule has 0 aliphatic carbocycles. The van der Waals surface area contributed by atoms with Crippen LogP contribution in [0.1, 0.15) is 19.8 Å². The summed E-state index contributed by atoms with van der Waals surface area (Å²) in [5, 5.41) is 0. The molecule has 0 spiro atoms. The van der Waals surface area contributed by atoms with Crippen molar-refractivity contribution in [1.29, 1.82) is 0 Å². The molecule has 106 valence electrons. The van der Waals surface area contributed by atoms with E-state index in [0.717, 1.165) is 0 Å². The summed E-state index contributed by atoms with van der Waals surface area (Å²) in [7, 11) is 1.60. The molecule has 0 heterocycles. The lowest BCUT2D eigenvalue weighted by molar-refractivity contribution is -0.120. The van der Waals surface area contributed by atoms with E-state index in [0.29, 0.717) is 26.0 Å². The van der Waals surface area contributed by atoms with E-state index in [9.17, 15) is 9.18 Å². The number of amides is 1. The maximum atomic E-state index is 13.7. The summed E-state index contributed by atoms with van der Waals surface area (Å²) < 4.78 is 18.6. The van der Waals surface area contributed by atoms with E-state index in [2.05, 4.69) is 0 Å². The van der Waals surface area contributed by atoms with Crippen molar-refractivity contribution in [2.24, 2.45) is 5.73 Å². The Balaban J connectivity index is 2.74. The minimum Gasteiger partial charge on any atom is -0.385 e. The number of methoxy groups -OCH3 is 1. The highest BCUT2D eigenvalue weighted by Crippen LogP contribution is 2.19. The van der Waals surface area contributed by atoms with Gasteiger partial charge in [0.05, 0.1) is 11.7 Å². The molecule has 0 saturated heterocycles. The van der Waals surface area contributed by atoms with Gasteiger partial charge in [-0.25, -0.2) is 4.39 Å². The first kappa shape index (κ1) is 15.6. The van der Waals surface area contributed by atoms with Crippen molar-refractivity contribution in [3.63, 3.8) is 0 Å². The normalized spacial score (nSPS) is 12.2. The number of hydrogen-bond acceptors (Lipinski definition) is 3. The van der Waals surface area contributed by atoms with Gasteiger partial charge in [-0.15, -0.1) is 0 Å². The SMILES string of the molecule is CCN(C(=O)C(N)CCCOC)c1ccccc1F. The highest BCUT2D eigenvalue weighted by molar-refractivity contribution is 5.97. The first-order valence-corrected chi connectivity index (χ1v) is 6.42. The van der Waals surface area contributed by atoms with Crippen LogP contribution in [0.3, 0.4) is 0 Å². The van der Waals surface area contributed by atoms with Gasteiger partial charge in [-0.05, 0) is 31.9 Å². The number of hydrogen-bond donors (Lipinski definition) is 1. The fourth-order valence-electron chi connectivity index (χ4n) is 1.89. The van der Waals surface area contributed by atoms with Crippen LogP contribution in [0.4, 0.5) is 10.1 Å². The minimum atomic E-state index is -0.630. The van der Waals surface area contributed by atoms with Gasteiger partial charge in [-0.1, -0.05) is 12.1 Å². The number of carbonyl (C=O) groups excluding carboxylic acids is 1. The van der Waals surface area contributed by atoms with Gasteiger partial charge in [0.15, 0.2) is 0 Å². The number of anilines is 1. The first-order chi connectivity index (χ1) is 9.11. The van der Waals surface area contributed by atoms with Crippen LogP contribution in [0.5, 0.6) is 0 Å². The standard InChI is InChI=1S/C14H21FN2O2/c1-3-17(13-9-5-4-7-11(13)15)14(18)12(16)8-6-10-19-2/h4-5,7,9,12H,3,6,8,10,16H2,1-2H3. The molecular weight excluding hydrogens is 247 g/mol. The highest BCUT2D eigenvalue weighted by Gasteiger charge is 2.22. The summed E-state index contributed by atoms with van der Waals surface area (Å²) in [6, 6.07) is 5.58. The summed E-state index contributed by atoms with van der Waals surface area (Å²) >= 11 is 0. The van der Waals surface area contributed by atoms with Crippen molar-refractivity contribution in [2.45, 2.75) is 25.8 Å². The molecule has 1 rings (SSSR count). The molecule has 0 aliphatic rings. The molecule has 0 saturated carbocycles. The molecule has 19 heavy (non-hydrogen) atoms. The molecule has 1 atom stereocenters. The molecule has 1 aromatic rings. The Labute approximate surface area is 113 Å². The summed E-state index contributed by atoms with van der Waals surface area (Å²) in [4.78, 5) is 13.6. The number of ether oxygens (including phenoxy) is 1. The first-order valence-electron chi connectivity index (χ1n) is 6.42. The van der Waals surface area contributed by atoms with Gasteiger partial charge in [0.2, 0.25) is 5.91 Å². The van der Waals surface area contributed by atoms with Crippen molar-refractivity contribution in [3.05, 3.63) is 30.1 Å². The predicted octanol–water partition coefficient (Wildman–Crippen LogP) is 1.93. The van der Waals surface area contributed by atoms with Gasteiger partial charge in [-0.2, -0.15) is 0 Å². The summed E-state index contributed by atoms with van der Waals surface area (Å²) in [5.41, 5.74) is 6.13. The number of likely N-dealkylation sites (N-methyl/N-ethyl adjacent to an activating group) is 1. The maximum absolute atomic E-state index is 13.7. The second-order valence-electron chi connectivity index (χ2n) is 4.28. The molecule has 4 nitrogen and oxygen atoms in total. The highest BCUT2D eigenvalue weighted by atomic mass is 19.1. The van der Waals surface area contributed by atoms with Gasteiger partial charge in [0.1, 0.15) is 5.82 Å². The predicted molar refractivity (Wildman–Crippen MR) is 73.5 cm³/mol. The molecule has 1 aromatic carbocycles. The van der Waals surface area contributed by atoms with Crippen molar-refractivity contribution in [2.75, 3.05) is 25.2 Å². The summed E-state index contributed by atoms with van der Waals surface area (Å²) in [6.07, 6.45) is 1.23.